The molecule has 0 saturated heterocycles. The van der Waals surface area contributed by atoms with Crippen LogP contribution in [0.5, 0.6) is 0 Å². The SMILES string of the molecule is Cc1ccc(C2(c3ccc(C)o3)C(=O)Nc3ccc(I)cc32)o1. The Morgan fingerprint density at radius 3 is 2.09 bits per heavy atom. The Hall–Kier alpha value is -2.02. The summed E-state index contributed by atoms with van der Waals surface area (Å²) in [5.41, 5.74) is 0.565. The second-order valence-electron chi connectivity index (χ2n) is 5.71. The Morgan fingerprint density at radius 1 is 0.957 bits per heavy atom. The van der Waals surface area contributed by atoms with Crippen molar-refractivity contribution in [1.82, 2.24) is 0 Å². The molecule has 0 fully saturated rings. The summed E-state index contributed by atoms with van der Waals surface area (Å²) in [6, 6.07) is 13.3. The van der Waals surface area contributed by atoms with Crippen LogP contribution in [0.2, 0.25) is 0 Å². The van der Waals surface area contributed by atoms with E-state index in [9.17, 15) is 4.79 Å². The molecular weight excluding hydrogens is 405 g/mol. The molecule has 4 rings (SSSR count). The summed E-state index contributed by atoms with van der Waals surface area (Å²) in [7, 11) is 0. The lowest BCUT2D eigenvalue weighted by Crippen LogP contribution is -2.36. The number of hydrogen-bond donors (Lipinski definition) is 1. The van der Waals surface area contributed by atoms with Gasteiger partial charge in [-0.1, -0.05) is 0 Å². The van der Waals surface area contributed by atoms with Crippen molar-refractivity contribution in [3.63, 3.8) is 0 Å². The summed E-state index contributed by atoms with van der Waals surface area (Å²) in [6.07, 6.45) is 0. The quantitative estimate of drug-likeness (QED) is 0.628. The second kappa shape index (κ2) is 4.99. The Kier molecular flexibility index (Phi) is 3.16. The van der Waals surface area contributed by atoms with E-state index in [0.717, 1.165) is 26.3 Å². The number of halogens is 1. The lowest BCUT2D eigenvalue weighted by atomic mass is 9.77. The molecule has 1 N–H and O–H groups in total. The molecule has 1 aliphatic rings. The highest BCUT2D eigenvalue weighted by Gasteiger charge is 2.54. The molecule has 1 aromatic carbocycles. The highest BCUT2D eigenvalue weighted by molar-refractivity contribution is 14.1. The van der Waals surface area contributed by atoms with E-state index in [1.165, 1.54) is 0 Å². The van der Waals surface area contributed by atoms with Gasteiger partial charge in [-0.15, -0.1) is 0 Å². The van der Waals surface area contributed by atoms with E-state index in [1.807, 2.05) is 56.3 Å². The number of amides is 1. The number of rotatable bonds is 2. The molecular formula is C18H14INO3. The first-order valence-electron chi connectivity index (χ1n) is 7.27. The Morgan fingerprint density at radius 2 is 1.57 bits per heavy atom. The lowest BCUT2D eigenvalue weighted by molar-refractivity contribution is -0.119. The third-order valence-electron chi connectivity index (χ3n) is 4.19. The molecule has 0 bridgehead atoms. The van der Waals surface area contributed by atoms with Gasteiger partial charge in [-0.2, -0.15) is 0 Å². The zero-order chi connectivity index (χ0) is 16.2. The minimum atomic E-state index is -1.08. The fraction of sp³-hybridized carbons (Fsp3) is 0.167. The Bertz CT molecular complexity index is 882. The second-order valence-corrected chi connectivity index (χ2v) is 6.96. The Labute approximate surface area is 147 Å². The third-order valence-corrected chi connectivity index (χ3v) is 4.87. The maximum absolute atomic E-state index is 13.1. The number of fused-ring (bicyclic) bond motifs is 1. The van der Waals surface area contributed by atoms with Crippen molar-refractivity contribution >= 4 is 34.2 Å². The summed E-state index contributed by atoms with van der Waals surface area (Å²) < 4.78 is 12.8. The highest BCUT2D eigenvalue weighted by atomic mass is 127. The maximum Gasteiger partial charge on any atom is 0.250 e. The van der Waals surface area contributed by atoms with E-state index >= 15 is 0 Å². The predicted octanol–water partition coefficient (Wildman–Crippen LogP) is 4.38. The van der Waals surface area contributed by atoms with Crippen molar-refractivity contribution in [2.75, 3.05) is 5.32 Å². The molecule has 0 radical (unpaired) electrons. The number of aryl methyl sites for hydroxylation is 2. The largest absolute Gasteiger partial charge is 0.464 e. The number of benzene rings is 1. The van der Waals surface area contributed by atoms with Crippen LogP contribution in [0, 0.1) is 17.4 Å². The fourth-order valence-corrected chi connectivity index (χ4v) is 3.65. The zero-order valence-electron chi connectivity index (χ0n) is 12.6. The molecule has 0 unspecified atom stereocenters. The van der Waals surface area contributed by atoms with Gasteiger partial charge < -0.3 is 14.2 Å². The van der Waals surface area contributed by atoms with E-state index in [0.29, 0.717) is 11.5 Å². The van der Waals surface area contributed by atoms with Gasteiger partial charge in [-0.05, 0) is 78.9 Å². The molecule has 3 heterocycles. The van der Waals surface area contributed by atoms with E-state index < -0.39 is 5.41 Å². The van der Waals surface area contributed by atoms with E-state index in [4.69, 9.17) is 8.83 Å². The van der Waals surface area contributed by atoms with Crippen molar-refractivity contribution < 1.29 is 13.6 Å². The monoisotopic (exact) mass is 419 g/mol. The van der Waals surface area contributed by atoms with Crippen molar-refractivity contribution in [2.45, 2.75) is 19.3 Å². The molecule has 0 aliphatic carbocycles. The fourth-order valence-electron chi connectivity index (χ4n) is 3.16. The van der Waals surface area contributed by atoms with Gasteiger partial charge in [-0.3, -0.25) is 4.79 Å². The molecule has 2 aromatic heterocycles. The first-order valence-corrected chi connectivity index (χ1v) is 8.35. The molecule has 1 amide bonds. The van der Waals surface area contributed by atoms with Gasteiger partial charge in [0.05, 0.1) is 0 Å². The number of carbonyl (C=O) groups excluding carboxylic acids is 1. The van der Waals surface area contributed by atoms with Gasteiger partial charge in [0.15, 0.2) is 5.41 Å². The average molecular weight is 419 g/mol. The van der Waals surface area contributed by atoms with Crippen LogP contribution >= 0.6 is 22.6 Å². The van der Waals surface area contributed by atoms with Crippen molar-refractivity contribution in [1.29, 1.82) is 0 Å². The molecule has 23 heavy (non-hydrogen) atoms. The standard InChI is InChI=1S/C18H14INO3/c1-10-3-7-15(22-10)18(16-8-4-11(2)23-16)13-9-12(19)5-6-14(13)20-17(18)21/h3-9H,1-2H3,(H,20,21). The van der Waals surface area contributed by atoms with Crippen molar-refractivity contribution in [3.8, 4) is 0 Å². The normalized spacial score (nSPS) is 15.5. The molecule has 1 aliphatic heterocycles. The number of carbonyl (C=O) groups is 1. The van der Waals surface area contributed by atoms with E-state index in [2.05, 4.69) is 27.9 Å². The van der Waals surface area contributed by atoms with E-state index in [-0.39, 0.29) is 5.91 Å². The Balaban J connectivity index is 2.09. The number of nitrogens with one attached hydrogen (secondary N) is 1. The minimum absolute atomic E-state index is 0.154. The summed E-state index contributed by atoms with van der Waals surface area (Å²) in [4.78, 5) is 13.1. The maximum atomic E-state index is 13.1. The minimum Gasteiger partial charge on any atom is -0.464 e. The molecule has 4 nitrogen and oxygen atoms in total. The third kappa shape index (κ3) is 1.99. The topological polar surface area (TPSA) is 55.4 Å². The van der Waals surface area contributed by atoms with E-state index in [1.54, 1.807) is 0 Å². The van der Waals surface area contributed by atoms with Crippen LogP contribution in [-0.2, 0) is 10.2 Å². The number of anilines is 1. The first kappa shape index (κ1) is 14.6. The summed E-state index contributed by atoms with van der Waals surface area (Å²) >= 11 is 2.25. The van der Waals surface area contributed by atoms with Crippen LogP contribution < -0.4 is 5.32 Å². The zero-order valence-corrected chi connectivity index (χ0v) is 14.8. The molecule has 0 saturated carbocycles. The van der Waals surface area contributed by atoms with Gasteiger partial charge in [-0.25, -0.2) is 0 Å². The summed E-state index contributed by atoms with van der Waals surface area (Å²) in [5, 5.41) is 2.97. The highest BCUT2D eigenvalue weighted by Crippen LogP contribution is 2.48. The van der Waals surface area contributed by atoms with Crippen LogP contribution in [0.25, 0.3) is 0 Å². The van der Waals surface area contributed by atoms with Gasteiger partial charge in [0.2, 0.25) is 0 Å². The van der Waals surface area contributed by atoms with Crippen LogP contribution in [0.3, 0.4) is 0 Å². The average Bonchev–Trinajstić information content (AvgIpc) is 3.18. The molecule has 3 aromatic rings. The lowest BCUT2D eigenvalue weighted by Gasteiger charge is -2.23. The molecule has 5 heteroatoms. The van der Waals surface area contributed by atoms with Crippen molar-refractivity contribution in [3.05, 3.63) is 74.6 Å². The van der Waals surface area contributed by atoms with Crippen LogP contribution in [0.15, 0.2) is 51.3 Å². The smallest absolute Gasteiger partial charge is 0.250 e. The summed E-state index contributed by atoms with van der Waals surface area (Å²) in [5.74, 6) is 2.51. The predicted molar refractivity (Wildman–Crippen MR) is 94.6 cm³/mol. The van der Waals surface area contributed by atoms with Gasteiger partial charge in [0.1, 0.15) is 23.0 Å². The van der Waals surface area contributed by atoms with Crippen LogP contribution in [0.4, 0.5) is 5.69 Å². The van der Waals surface area contributed by atoms with Gasteiger partial charge in [0.25, 0.3) is 5.91 Å². The molecule has 116 valence electrons. The van der Waals surface area contributed by atoms with Crippen LogP contribution in [0.1, 0.15) is 28.6 Å². The molecule has 0 atom stereocenters. The summed E-state index contributed by atoms with van der Waals surface area (Å²) in [6.45, 7) is 3.74. The van der Waals surface area contributed by atoms with Gasteiger partial charge >= 0.3 is 0 Å². The van der Waals surface area contributed by atoms with Crippen molar-refractivity contribution in [2.24, 2.45) is 0 Å². The van der Waals surface area contributed by atoms with Gasteiger partial charge in [0, 0.05) is 14.8 Å². The number of hydrogen-bond acceptors (Lipinski definition) is 3. The first-order chi connectivity index (χ1) is 11.0. The number of furan rings is 2. The van der Waals surface area contributed by atoms with Crippen LogP contribution in [-0.4, -0.2) is 5.91 Å². The molecule has 0 spiro atoms.